The van der Waals surface area contributed by atoms with Crippen molar-refractivity contribution in [1.29, 1.82) is 0 Å². The van der Waals surface area contributed by atoms with Gasteiger partial charge in [-0.15, -0.1) is 0 Å². The molecule has 134 valence electrons. The maximum Gasteiger partial charge on any atom is 0.243 e. The van der Waals surface area contributed by atoms with Gasteiger partial charge in [0, 0.05) is 17.0 Å². The number of aromatic nitrogens is 2. The highest BCUT2D eigenvalue weighted by Gasteiger charge is 2.11. The van der Waals surface area contributed by atoms with E-state index in [1.165, 1.54) is 11.1 Å². The highest BCUT2D eigenvalue weighted by molar-refractivity contribution is 6.00. The number of nitrogens with one attached hydrogen (secondary N) is 1. The van der Waals surface area contributed by atoms with Crippen molar-refractivity contribution in [1.82, 2.24) is 9.97 Å². The second-order valence-corrected chi connectivity index (χ2v) is 6.48. The van der Waals surface area contributed by atoms with Crippen molar-refractivity contribution in [3.63, 3.8) is 0 Å². The second-order valence-electron chi connectivity index (χ2n) is 6.48. The minimum absolute atomic E-state index is 0.511. The van der Waals surface area contributed by atoms with E-state index in [0.717, 1.165) is 42.8 Å². The Morgan fingerprint density at radius 3 is 2.52 bits per heavy atom. The summed E-state index contributed by atoms with van der Waals surface area (Å²) in [5, 5.41) is 4.56. The number of hydrogen-bond donors (Lipinski definition) is 1. The Labute approximate surface area is 151 Å². The van der Waals surface area contributed by atoms with E-state index in [0.29, 0.717) is 11.9 Å². The topological polar surface area (TPSA) is 50.2 Å². The summed E-state index contributed by atoms with van der Waals surface area (Å²) in [6.07, 6.45) is 4.04. The molecule has 2 aromatic rings. The summed E-state index contributed by atoms with van der Waals surface area (Å²) in [6.45, 7) is 10.8. The second kappa shape index (κ2) is 9.30. The average molecular weight is 338 g/mol. The van der Waals surface area contributed by atoms with Crippen LogP contribution in [-0.4, -0.2) is 15.7 Å². The third-order valence-electron chi connectivity index (χ3n) is 4.52. The fourth-order valence-corrected chi connectivity index (χ4v) is 2.84. The Bertz CT molecular complexity index is 722. The fourth-order valence-electron chi connectivity index (χ4n) is 2.84. The summed E-state index contributed by atoms with van der Waals surface area (Å²) >= 11 is 0. The number of anilines is 1. The van der Waals surface area contributed by atoms with E-state index in [4.69, 9.17) is 0 Å². The summed E-state index contributed by atoms with van der Waals surface area (Å²) in [5.74, 6) is 1.10. The van der Waals surface area contributed by atoms with Crippen molar-refractivity contribution in [3.05, 3.63) is 52.8 Å². The molecule has 1 heterocycles. The number of nitrogens with zero attached hydrogens (tertiary/aromatic N) is 3. The quantitative estimate of drug-likeness (QED) is 0.522. The van der Waals surface area contributed by atoms with Crippen molar-refractivity contribution in [2.24, 2.45) is 5.10 Å². The molecule has 0 saturated heterocycles. The molecule has 0 saturated carbocycles. The first-order chi connectivity index (χ1) is 12.1. The van der Waals surface area contributed by atoms with Gasteiger partial charge in [-0.1, -0.05) is 58.4 Å². The Morgan fingerprint density at radius 1 is 1.12 bits per heavy atom. The largest absolute Gasteiger partial charge is 0.245 e. The van der Waals surface area contributed by atoms with Crippen molar-refractivity contribution >= 4 is 11.7 Å². The van der Waals surface area contributed by atoms with Crippen LogP contribution in [0.3, 0.4) is 0 Å². The lowest BCUT2D eigenvalue weighted by atomic mass is 9.92. The fraction of sp³-hybridized carbons (Fsp3) is 0.476. The van der Waals surface area contributed by atoms with Crippen molar-refractivity contribution in [2.75, 3.05) is 5.43 Å². The van der Waals surface area contributed by atoms with Gasteiger partial charge in [0.05, 0.1) is 5.71 Å². The van der Waals surface area contributed by atoms with Crippen LogP contribution in [0.15, 0.2) is 35.4 Å². The van der Waals surface area contributed by atoms with E-state index in [9.17, 15) is 0 Å². The van der Waals surface area contributed by atoms with E-state index in [2.05, 4.69) is 78.5 Å². The van der Waals surface area contributed by atoms with Gasteiger partial charge >= 0.3 is 0 Å². The van der Waals surface area contributed by atoms with E-state index in [-0.39, 0.29) is 0 Å². The lowest BCUT2D eigenvalue weighted by Crippen LogP contribution is -2.08. The zero-order chi connectivity index (χ0) is 18.2. The molecule has 0 fully saturated rings. The third-order valence-corrected chi connectivity index (χ3v) is 4.52. The molecule has 25 heavy (non-hydrogen) atoms. The molecule has 0 radical (unpaired) electrons. The van der Waals surface area contributed by atoms with Crippen molar-refractivity contribution in [2.45, 2.75) is 66.2 Å². The molecule has 1 aromatic carbocycles. The third kappa shape index (κ3) is 5.12. The minimum Gasteiger partial charge on any atom is -0.245 e. The summed E-state index contributed by atoms with van der Waals surface area (Å²) in [5.41, 5.74) is 8.67. The SMILES string of the molecule is CCCc1cc(CC)nc(NN=C(C)c2ccccc2C(C)CC)n1. The predicted molar refractivity (Wildman–Crippen MR) is 106 cm³/mol. The molecular formula is C21H30N4. The van der Waals surface area contributed by atoms with Crippen LogP contribution in [-0.2, 0) is 12.8 Å². The van der Waals surface area contributed by atoms with Crippen LogP contribution in [0.2, 0.25) is 0 Å². The standard InChI is InChI=1S/C21H30N4/c1-6-11-18-14-17(8-3)22-21(23-18)25-24-16(5)20-13-10-9-12-19(20)15(4)7-2/h9-10,12-15H,6-8,11H2,1-5H3,(H,22,23,25). The van der Waals surface area contributed by atoms with Crippen LogP contribution in [0.5, 0.6) is 0 Å². The zero-order valence-corrected chi connectivity index (χ0v) is 16.1. The number of hydrogen-bond acceptors (Lipinski definition) is 4. The lowest BCUT2D eigenvalue weighted by Gasteiger charge is -2.14. The highest BCUT2D eigenvalue weighted by Crippen LogP contribution is 2.23. The van der Waals surface area contributed by atoms with Gasteiger partial charge in [0.25, 0.3) is 0 Å². The highest BCUT2D eigenvalue weighted by atomic mass is 15.4. The van der Waals surface area contributed by atoms with Crippen LogP contribution in [0, 0.1) is 0 Å². The smallest absolute Gasteiger partial charge is 0.243 e. The molecule has 1 atom stereocenters. The van der Waals surface area contributed by atoms with Gasteiger partial charge in [-0.05, 0) is 43.7 Å². The first-order valence-corrected chi connectivity index (χ1v) is 9.35. The van der Waals surface area contributed by atoms with E-state index in [1.807, 2.05) is 6.92 Å². The maximum absolute atomic E-state index is 4.58. The summed E-state index contributed by atoms with van der Waals surface area (Å²) in [6, 6.07) is 10.6. The van der Waals surface area contributed by atoms with Gasteiger partial charge in [-0.3, -0.25) is 0 Å². The van der Waals surface area contributed by atoms with Gasteiger partial charge in [0.1, 0.15) is 0 Å². The number of aryl methyl sites for hydroxylation is 2. The molecule has 4 nitrogen and oxygen atoms in total. The summed E-state index contributed by atoms with van der Waals surface area (Å²) in [4.78, 5) is 9.13. The van der Waals surface area contributed by atoms with Gasteiger partial charge < -0.3 is 0 Å². The first-order valence-electron chi connectivity index (χ1n) is 9.35. The van der Waals surface area contributed by atoms with Crippen molar-refractivity contribution < 1.29 is 0 Å². The Balaban J connectivity index is 2.26. The first kappa shape index (κ1) is 19.1. The van der Waals surface area contributed by atoms with Crippen LogP contribution in [0.1, 0.15) is 75.9 Å². The number of rotatable bonds is 8. The monoisotopic (exact) mass is 338 g/mol. The Morgan fingerprint density at radius 2 is 1.84 bits per heavy atom. The Kier molecular flexibility index (Phi) is 7.11. The van der Waals surface area contributed by atoms with E-state index >= 15 is 0 Å². The van der Waals surface area contributed by atoms with Gasteiger partial charge in [0.2, 0.25) is 5.95 Å². The van der Waals surface area contributed by atoms with Crippen LogP contribution in [0.25, 0.3) is 0 Å². The van der Waals surface area contributed by atoms with Crippen LogP contribution >= 0.6 is 0 Å². The zero-order valence-electron chi connectivity index (χ0n) is 16.1. The molecule has 1 N–H and O–H groups in total. The van der Waals surface area contributed by atoms with E-state index < -0.39 is 0 Å². The van der Waals surface area contributed by atoms with Crippen LogP contribution in [0.4, 0.5) is 5.95 Å². The molecule has 0 aliphatic heterocycles. The maximum atomic E-state index is 4.58. The number of hydrazone groups is 1. The molecule has 4 heteroatoms. The summed E-state index contributed by atoms with van der Waals surface area (Å²) in [7, 11) is 0. The molecule has 0 aliphatic rings. The predicted octanol–water partition coefficient (Wildman–Crippen LogP) is 5.34. The van der Waals surface area contributed by atoms with Gasteiger partial charge in [-0.25, -0.2) is 15.4 Å². The normalized spacial score (nSPS) is 12.9. The molecule has 1 aromatic heterocycles. The van der Waals surface area contributed by atoms with Gasteiger partial charge in [0.15, 0.2) is 0 Å². The lowest BCUT2D eigenvalue weighted by molar-refractivity contribution is 0.732. The molecule has 0 aliphatic carbocycles. The average Bonchev–Trinajstić information content (AvgIpc) is 2.65. The summed E-state index contributed by atoms with van der Waals surface area (Å²) < 4.78 is 0. The van der Waals surface area contributed by atoms with Gasteiger partial charge in [-0.2, -0.15) is 5.10 Å². The van der Waals surface area contributed by atoms with E-state index in [1.54, 1.807) is 0 Å². The van der Waals surface area contributed by atoms with Crippen LogP contribution < -0.4 is 5.43 Å². The number of benzene rings is 1. The minimum atomic E-state index is 0.511. The molecule has 0 spiro atoms. The molecule has 2 rings (SSSR count). The van der Waals surface area contributed by atoms with Crippen molar-refractivity contribution in [3.8, 4) is 0 Å². The molecular weight excluding hydrogens is 308 g/mol. The molecule has 0 bridgehead atoms. The Hall–Kier alpha value is -2.23. The molecule has 0 amide bonds. The molecule has 1 unspecified atom stereocenters.